The highest BCUT2D eigenvalue weighted by Gasteiger charge is 2.13. The molecular weight excluding hydrogens is 260 g/mol. The van der Waals surface area contributed by atoms with Gasteiger partial charge in [-0.1, -0.05) is 0 Å². The summed E-state index contributed by atoms with van der Waals surface area (Å²) in [4.78, 5) is 23.0. The molecule has 0 atom stereocenters. The van der Waals surface area contributed by atoms with E-state index in [1.165, 1.54) is 24.1 Å². The lowest BCUT2D eigenvalue weighted by atomic mass is 10.3. The van der Waals surface area contributed by atoms with Crippen molar-refractivity contribution < 1.29 is 14.3 Å². The Kier molecular flexibility index (Phi) is 4.14. The Morgan fingerprint density at radius 2 is 1.95 bits per heavy atom. The molecule has 0 amide bonds. The predicted molar refractivity (Wildman–Crippen MR) is 72.3 cm³/mol. The van der Waals surface area contributed by atoms with Crippen LogP contribution in [0.4, 0.5) is 0 Å². The monoisotopic (exact) mass is 274 g/mol. The minimum Gasteiger partial charge on any atom is -0.494 e. The third-order valence-corrected chi connectivity index (χ3v) is 2.60. The third-order valence-electron chi connectivity index (χ3n) is 2.60. The van der Waals surface area contributed by atoms with Gasteiger partial charge in [-0.3, -0.25) is 4.79 Å². The second kappa shape index (κ2) is 6.01. The molecule has 1 aromatic heterocycles. The van der Waals surface area contributed by atoms with E-state index >= 15 is 0 Å². The Morgan fingerprint density at radius 1 is 1.25 bits per heavy atom. The van der Waals surface area contributed by atoms with Crippen LogP contribution in [-0.4, -0.2) is 29.5 Å². The topological polar surface area (TPSA) is 70.4 Å². The van der Waals surface area contributed by atoms with E-state index in [2.05, 4.69) is 9.84 Å². The summed E-state index contributed by atoms with van der Waals surface area (Å²) in [5, 5.41) is 3.98. The number of benzene rings is 1. The normalized spacial score (nSPS) is 10.1. The van der Waals surface area contributed by atoms with Gasteiger partial charge in [0, 0.05) is 12.3 Å². The number of hydrogen-bond acceptors (Lipinski definition) is 5. The summed E-state index contributed by atoms with van der Waals surface area (Å²) in [6, 6.07) is 8.41. The molecule has 0 spiro atoms. The van der Waals surface area contributed by atoms with Crippen LogP contribution in [0.15, 0.2) is 41.3 Å². The molecule has 0 unspecified atom stereocenters. The SMILES string of the molecule is CCOc1ccc(-n2ccc(=O)c(C(=O)OC)n2)cc1. The molecule has 1 heterocycles. The lowest BCUT2D eigenvalue weighted by molar-refractivity contribution is 0.0590. The van der Waals surface area contributed by atoms with Crippen molar-refractivity contribution in [2.24, 2.45) is 0 Å². The van der Waals surface area contributed by atoms with Gasteiger partial charge < -0.3 is 9.47 Å². The molecule has 6 nitrogen and oxygen atoms in total. The molecule has 20 heavy (non-hydrogen) atoms. The first-order valence-corrected chi connectivity index (χ1v) is 6.07. The molecule has 6 heteroatoms. The van der Waals surface area contributed by atoms with E-state index in [9.17, 15) is 9.59 Å². The summed E-state index contributed by atoms with van der Waals surface area (Å²) < 4.78 is 11.3. The lowest BCUT2D eigenvalue weighted by Crippen LogP contribution is -2.21. The minimum atomic E-state index is -0.754. The third kappa shape index (κ3) is 2.85. The second-order valence-corrected chi connectivity index (χ2v) is 3.89. The first-order chi connectivity index (χ1) is 9.65. The van der Waals surface area contributed by atoms with Crippen LogP contribution in [0.25, 0.3) is 5.69 Å². The fourth-order valence-corrected chi connectivity index (χ4v) is 1.65. The summed E-state index contributed by atoms with van der Waals surface area (Å²) in [5.41, 5.74) is -0.0125. The van der Waals surface area contributed by atoms with Gasteiger partial charge in [0.1, 0.15) is 5.75 Å². The number of esters is 1. The van der Waals surface area contributed by atoms with E-state index < -0.39 is 11.4 Å². The molecular formula is C14H14N2O4. The molecule has 0 N–H and O–H groups in total. The van der Waals surface area contributed by atoms with Gasteiger partial charge in [-0.25, -0.2) is 9.48 Å². The van der Waals surface area contributed by atoms with Crippen molar-refractivity contribution in [3.63, 3.8) is 0 Å². The highest BCUT2D eigenvalue weighted by atomic mass is 16.5. The average Bonchev–Trinajstić information content (AvgIpc) is 2.48. The van der Waals surface area contributed by atoms with E-state index in [4.69, 9.17) is 4.74 Å². The van der Waals surface area contributed by atoms with Gasteiger partial charge in [-0.2, -0.15) is 5.10 Å². The number of aromatic nitrogens is 2. The maximum Gasteiger partial charge on any atom is 0.362 e. The molecule has 0 bridgehead atoms. The van der Waals surface area contributed by atoms with Crippen LogP contribution in [0.1, 0.15) is 17.4 Å². The number of carbonyl (C=O) groups excluding carboxylic acids is 1. The molecule has 0 aliphatic carbocycles. The zero-order chi connectivity index (χ0) is 14.5. The summed E-state index contributed by atoms with van der Waals surface area (Å²) in [5.74, 6) is -0.0132. The summed E-state index contributed by atoms with van der Waals surface area (Å²) in [6.45, 7) is 2.49. The molecule has 2 rings (SSSR count). The summed E-state index contributed by atoms with van der Waals surface area (Å²) >= 11 is 0. The highest BCUT2D eigenvalue weighted by Crippen LogP contribution is 2.14. The standard InChI is InChI=1S/C14H14N2O4/c1-3-20-11-6-4-10(5-7-11)16-9-8-12(17)13(15-16)14(18)19-2/h4-9H,3H2,1-2H3. The van der Waals surface area contributed by atoms with Crippen molar-refractivity contribution >= 4 is 5.97 Å². The Hall–Kier alpha value is -2.63. The molecule has 2 aromatic rings. The number of rotatable bonds is 4. The smallest absolute Gasteiger partial charge is 0.362 e. The quantitative estimate of drug-likeness (QED) is 0.788. The maximum absolute atomic E-state index is 11.5. The van der Waals surface area contributed by atoms with Gasteiger partial charge in [0.05, 0.1) is 19.4 Å². The first-order valence-electron chi connectivity index (χ1n) is 6.07. The van der Waals surface area contributed by atoms with Crippen molar-refractivity contribution in [1.29, 1.82) is 0 Å². The Labute approximate surface area is 115 Å². The Bertz CT molecular complexity index is 662. The van der Waals surface area contributed by atoms with Crippen molar-refractivity contribution in [3.8, 4) is 11.4 Å². The number of carbonyl (C=O) groups is 1. The van der Waals surface area contributed by atoms with Crippen LogP contribution >= 0.6 is 0 Å². The van der Waals surface area contributed by atoms with Crippen LogP contribution in [0.2, 0.25) is 0 Å². The van der Waals surface area contributed by atoms with Crippen molar-refractivity contribution in [2.75, 3.05) is 13.7 Å². The molecule has 0 fully saturated rings. The first kappa shape index (κ1) is 13.8. The van der Waals surface area contributed by atoms with Crippen LogP contribution < -0.4 is 10.2 Å². The van der Waals surface area contributed by atoms with Gasteiger partial charge >= 0.3 is 5.97 Å². The van der Waals surface area contributed by atoms with Gasteiger partial charge in [-0.05, 0) is 31.2 Å². The maximum atomic E-state index is 11.5. The molecule has 0 aliphatic rings. The molecule has 0 radical (unpaired) electrons. The molecule has 0 saturated carbocycles. The van der Waals surface area contributed by atoms with Crippen LogP contribution in [0.5, 0.6) is 5.75 Å². The zero-order valence-corrected chi connectivity index (χ0v) is 11.2. The van der Waals surface area contributed by atoms with Crippen LogP contribution in [0.3, 0.4) is 0 Å². The average molecular weight is 274 g/mol. The van der Waals surface area contributed by atoms with Gasteiger partial charge in [0.15, 0.2) is 0 Å². The molecule has 0 aliphatic heterocycles. The van der Waals surface area contributed by atoms with E-state index in [1.54, 1.807) is 24.3 Å². The Balaban J connectivity index is 2.37. The minimum absolute atomic E-state index is 0.246. The van der Waals surface area contributed by atoms with E-state index in [0.717, 1.165) is 5.75 Å². The van der Waals surface area contributed by atoms with Gasteiger partial charge in [-0.15, -0.1) is 0 Å². The van der Waals surface area contributed by atoms with Crippen molar-refractivity contribution in [1.82, 2.24) is 9.78 Å². The van der Waals surface area contributed by atoms with E-state index in [-0.39, 0.29) is 5.69 Å². The van der Waals surface area contributed by atoms with Crippen LogP contribution in [-0.2, 0) is 4.74 Å². The van der Waals surface area contributed by atoms with Gasteiger partial charge in [0.25, 0.3) is 0 Å². The van der Waals surface area contributed by atoms with Crippen molar-refractivity contribution in [3.05, 3.63) is 52.4 Å². The predicted octanol–water partition coefficient (Wildman–Crippen LogP) is 1.42. The fraction of sp³-hybridized carbons (Fsp3) is 0.214. The lowest BCUT2D eigenvalue weighted by Gasteiger charge is -2.08. The van der Waals surface area contributed by atoms with E-state index in [1.807, 2.05) is 6.92 Å². The zero-order valence-electron chi connectivity index (χ0n) is 11.2. The second-order valence-electron chi connectivity index (χ2n) is 3.89. The largest absolute Gasteiger partial charge is 0.494 e. The fourth-order valence-electron chi connectivity index (χ4n) is 1.65. The van der Waals surface area contributed by atoms with Crippen LogP contribution in [0, 0.1) is 0 Å². The number of methoxy groups -OCH3 is 1. The number of nitrogens with zero attached hydrogens (tertiary/aromatic N) is 2. The molecule has 1 aromatic carbocycles. The number of hydrogen-bond donors (Lipinski definition) is 0. The number of ether oxygens (including phenoxy) is 2. The van der Waals surface area contributed by atoms with Crippen molar-refractivity contribution in [2.45, 2.75) is 6.92 Å². The van der Waals surface area contributed by atoms with E-state index in [0.29, 0.717) is 12.3 Å². The molecule has 104 valence electrons. The summed E-state index contributed by atoms with van der Waals surface area (Å²) in [6.07, 6.45) is 1.49. The van der Waals surface area contributed by atoms with Gasteiger partial charge in [0.2, 0.25) is 11.1 Å². The highest BCUT2D eigenvalue weighted by molar-refractivity contribution is 5.86. The summed E-state index contributed by atoms with van der Waals surface area (Å²) in [7, 11) is 1.21. The molecule has 0 saturated heterocycles. The Morgan fingerprint density at radius 3 is 2.55 bits per heavy atom.